The van der Waals surface area contributed by atoms with Crippen molar-refractivity contribution in [1.29, 1.82) is 0 Å². The Balaban J connectivity index is 2.08. The molecule has 0 heteroatoms. The molecule has 0 aliphatic carbocycles. The van der Waals surface area contributed by atoms with E-state index in [2.05, 4.69) is 81.1 Å². The predicted molar refractivity (Wildman–Crippen MR) is 103 cm³/mol. The molecule has 0 saturated heterocycles. The summed E-state index contributed by atoms with van der Waals surface area (Å²) in [6.45, 7) is 10.3. The normalized spacial score (nSPS) is 11.9. The maximum absolute atomic E-state index is 4.09. The second-order valence-electron chi connectivity index (χ2n) is 6.07. The summed E-state index contributed by atoms with van der Waals surface area (Å²) in [5.41, 5.74) is 7.64. The molecule has 0 aromatic heterocycles. The highest BCUT2D eigenvalue weighted by molar-refractivity contribution is 5.78. The molecule has 0 amide bonds. The van der Waals surface area contributed by atoms with Gasteiger partial charge < -0.3 is 0 Å². The summed E-state index contributed by atoms with van der Waals surface area (Å²) in [6.07, 6.45) is 8.40. The fourth-order valence-electron chi connectivity index (χ4n) is 2.68. The van der Waals surface area contributed by atoms with E-state index in [-0.39, 0.29) is 0 Å². The summed E-state index contributed by atoms with van der Waals surface area (Å²) in [5, 5.41) is 0. The van der Waals surface area contributed by atoms with Crippen molar-refractivity contribution in [2.24, 2.45) is 0 Å². The minimum Gasteiger partial charge on any atom is -0.0955 e. The molecule has 2 aromatic carbocycles. The van der Waals surface area contributed by atoms with Crippen LogP contribution in [0, 0.1) is 6.92 Å². The molecular weight excluding hydrogens is 276 g/mol. The maximum Gasteiger partial charge on any atom is -0.0161 e. The Morgan fingerprint density at radius 3 is 2.30 bits per heavy atom. The zero-order valence-corrected chi connectivity index (χ0v) is 14.5. The number of hydrogen-bond acceptors (Lipinski definition) is 0. The Bertz CT molecular complexity index is 712. The van der Waals surface area contributed by atoms with Crippen molar-refractivity contribution in [3.05, 3.63) is 101 Å². The first kappa shape index (κ1) is 17.0. The summed E-state index contributed by atoms with van der Waals surface area (Å²) < 4.78 is 0. The monoisotopic (exact) mass is 302 g/mol. The average molecular weight is 302 g/mol. The van der Waals surface area contributed by atoms with E-state index in [1.165, 1.54) is 27.8 Å². The van der Waals surface area contributed by atoms with Crippen molar-refractivity contribution in [3.8, 4) is 0 Å². The van der Waals surface area contributed by atoms with Gasteiger partial charge >= 0.3 is 0 Å². The zero-order valence-electron chi connectivity index (χ0n) is 14.5. The van der Waals surface area contributed by atoms with Crippen molar-refractivity contribution in [2.45, 2.75) is 33.6 Å². The van der Waals surface area contributed by atoms with Gasteiger partial charge in [0.2, 0.25) is 0 Å². The fraction of sp³-hybridized carbons (Fsp3) is 0.217. The first-order valence-corrected chi connectivity index (χ1v) is 8.24. The van der Waals surface area contributed by atoms with Gasteiger partial charge in [-0.25, -0.2) is 0 Å². The predicted octanol–water partition coefficient (Wildman–Crippen LogP) is 6.32. The third-order valence-corrected chi connectivity index (χ3v) is 3.96. The lowest BCUT2D eigenvalue weighted by atomic mass is 9.96. The van der Waals surface area contributed by atoms with Crippen LogP contribution in [0.4, 0.5) is 0 Å². The van der Waals surface area contributed by atoms with Crippen LogP contribution in [0.15, 0.2) is 78.9 Å². The second kappa shape index (κ2) is 8.33. The molecule has 0 unspecified atom stereocenters. The molecule has 0 aliphatic rings. The van der Waals surface area contributed by atoms with Crippen LogP contribution in [0.1, 0.15) is 36.1 Å². The van der Waals surface area contributed by atoms with Crippen LogP contribution in [0.2, 0.25) is 0 Å². The van der Waals surface area contributed by atoms with E-state index in [1.807, 2.05) is 13.0 Å². The Labute approximate surface area is 140 Å². The van der Waals surface area contributed by atoms with Crippen molar-refractivity contribution < 1.29 is 0 Å². The van der Waals surface area contributed by atoms with Crippen LogP contribution in [0.25, 0.3) is 5.57 Å². The number of allylic oxidation sites excluding steroid dienone is 5. The molecule has 0 N–H and O–H groups in total. The topological polar surface area (TPSA) is 0 Å². The largest absolute Gasteiger partial charge is 0.0955 e. The highest BCUT2D eigenvalue weighted by Gasteiger charge is 2.02. The lowest BCUT2D eigenvalue weighted by Gasteiger charge is -2.09. The van der Waals surface area contributed by atoms with E-state index in [9.17, 15) is 0 Å². The summed E-state index contributed by atoms with van der Waals surface area (Å²) >= 11 is 0. The van der Waals surface area contributed by atoms with E-state index >= 15 is 0 Å². The molecule has 2 aromatic rings. The van der Waals surface area contributed by atoms with Crippen molar-refractivity contribution >= 4 is 5.57 Å². The molecule has 0 aliphatic heterocycles. The smallest absolute Gasteiger partial charge is 0.0161 e. The molecular formula is C23H26. The van der Waals surface area contributed by atoms with Crippen LogP contribution >= 0.6 is 0 Å². The second-order valence-corrected chi connectivity index (χ2v) is 6.07. The minimum absolute atomic E-state index is 1.07. The molecule has 0 bridgehead atoms. The zero-order chi connectivity index (χ0) is 16.7. The molecule has 0 nitrogen and oxygen atoms in total. The SMILES string of the molecule is C=C(C)/C(=C\C=C/C)c1ccc(CCc2cccc(C)c2)cc1. The molecule has 23 heavy (non-hydrogen) atoms. The lowest BCUT2D eigenvalue weighted by Crippen LogP contribution is -1.93. The van der Waals surface area contributed by atoms with Gasteiger partial charge in [-0.2, -0.15) is 0 Å². The van der Waals surface area contributed by atoms with Gasteiger partial charge in [-0.05, 0) is 55.9 Å². The first-order chi connectivity index (χ1) is 11.1. The van der Waals surface area contributed by atoms with E-state index in [0.717, 1.165) is 18.4 Å². The molecule has 0 atom stereocenters. The standard InChI is InChI=1S/C23H26/c1-5-6-10-23(18(2)3)22-15-13-20(14-16-22)11-12-21-9-7-8-19(4)17-21/h5-10,13-17H,2,11-12H2,1,3-4H3/b6-5-,23-10+. The van der Waals surface area contributed by atoms with Crippen molar-refractivity contribution in [2.75, 3.05) is 0 Å². The van der Waals surface area contributed by atoms with Gasteiger partial charge in [-0.15, -0.1) is 0 Å². The molecule has 2 rings (SSSR count). The van der Waals surface area contributed by atoms with Crippen molar-refractivity contribution in [3.63, 3.8) is 0 Å². The van der Waals surface area contributed by atoms with E-state index in [4.69, 9.17) is 0 Å². The minimum atomic E-state index is 1.07. The van der Waals surface area contributed by atoms with E-state index < -0.39 is 0 Å². The van der Waals surface area contributed by atoms with Gasteiger partial charge in [0, 0.05) is 0 Å². The molecule has 0 spiro atoms. The van der Waals surface area contributed by atoms with Gasteiger partial charge in [0.15, 0.2) is 0 Å². The van der Waals surface area contributed by atoms with Gasteiger partial charge in [-0.3, -0.25) is 0 Å². The van der Waals surface area contributed by atoms with Crippen LogP contribution in [0.3, 0.4) is 0 Å². The van der Waals surface area contributed by atoms with Crippen molar-refractivity contribution in [1.82, 2.24) is 0 Å². The molecule has 0 radical (unpaired) electrons. The first-order valence-electron chi connectivity index (χ1n) is 8.24. The van der Waals surface area contributed by atoms with E-state index in [0.29, 0.717) is 0 Å². The number of aryl methyl sites for hydroxylation is 3. The maximum atomic E-state index is 4.09. The third-order valence-electron chi connectivity index (χ3n) is 3.96. The highest BCUT2D eigenvalue weighted by atomic mass is 14.1. The number of hydrogen-bond donors (Lipinski definition) is 0. The van der Waals surface area contributed by atoms with Crippen LogP contribution in [-0.4, -0.2) is 0 Å². The summed E-state index contributed by atoms with van der Waals surface area (Å²) in [5.74, 6) is 0. The van der Waals surface area contributed by atoms with Gasteiger partial charge in [0.1, 0.15) is 0 Å². The number of rotatable bonds is 6. The highest BCUT2D eigenvalue weighted by Crippen LogP contribution is 2.22. The van der Waals surface area contributed by atoms with Gasteiger partial charge in [0.05, 0.1) is 0 Å². The summed E-state index contributed by atoms with van der Waals surface area (Å²) in [7, 11) is 0. The van der Waals surface area contributed by atoms with Crippen LogP contribution in [0.5, 0.6) is 0 Å². The Morgan fingerprint density at radius 2 is 1.70 bits per heavy atom. The van der Waals surface area contributed by atoms with Gasteiger partial charge in [-0.1, -0.05) is 84.5 Å². The Hall–Kier alpha value is -2.34. The summed E-state index contributed by atoms with van der Waals surface area (Å²) in [6, 6.07) is 17.6. The third kappa shape index (κ3) is 5.10. The Morgan fingerprint density at radius 1 is 1.00 bits per heavy atom. The van der Waals surface area contributed by atoms with Crippen LogP contribution < -0.4 is 0 Å². The number of benzene rings is 2. The Kier molecular flexibility index (Phi) is 6.17. The quantitative estimate of drug-likeness (QED) is 0.548. The van der Waals surface area contributed by atoms with Gasteiger partial charge in [0.25, 0.3) is 0 Å². The lowest BCUT2D eigenvalue weighted by molar-refractivity contribution is 0.958. The fourth-order valence-corrected chi connectivity index (χ4v) is 2.68. The average Bonchev–Trinajstić information content (AvgIpc) is 2.54. The van der Waals surface area contributed by atoms with E-state index in [1.54, 1.807) is 0 Å². The molecule has 118 valence electrons. The molecule has 0 fully saturated rings. The van der Waals surface area contributed by atoms with Crippen LogP contribution in [-0.2, 0) is 12.8 Å². The molecule has 0 heterocycles. The molecule has 0 saturated carbocycles. The summed E-state index contributed by atoms with van der Waals surface area (Å²) in [4.78, 5) is 0.